The van der Waals surface area contributed by atoms with Crippen LogP contribution in [0.5, 0.6) is 0 Å². The molecule has 9 heteroatoms. The zero-order valence-corrected chi connectivity index (χ0v) is 23.9. The molecule has 0 bridgehead atoms. The van der Waals surface area contributed by atoms with E-state index in [4.69, 9.17) is 5.11 Å². The summed E-state index contributed by atoms with van der Waals surface area (Å²) in [7, 11) is 1.58. The highest BCUT2D eigenvalue weighted by atomic mass is 32.1. The number of amides is 2. The zero-order valence-electron chi connectivity index (χ0n) is 23.1. The van der Waals surface area contributed by atoms with E-state index in [1.807, 2.05) is 49.6 Å². The lowest BCUT2D eigenvalue weighted by atomic mass is 10.2. The Labute approximate surface area is 229 Å². The summed E-state index contributed by atoms with van der Waals surface area (Å²) in [5, 5.41) is 16.3. The lowest BCUT2D eigenvalue weighted by Crippen LogP contribution is -2.24. The van der Waals surface area contributed by atoms with Crippen LogP contribution < -0.4 is 10.6 Å². The van der Waals surface area contributed by atoms with Crippen LogP contribution in [-0.2, 0) is 13.0 Å². The first-order valence-electron chi connectivity index (χ1n) is 12.9. The molecule has 0 unspecified atom stereocenters. The number of fused-ring (bicyclic) bond motifs is 1. The van der Waals surface area contributed by atoms with Crippen LogP contribution in [-0.4, -0.2) is 44.9 Å². The van der Waals surface area contributed by atoms with E-state index < -0.39 is 0 Å². The third-order valence-electron chi connectivity index (χ3n) is 4.97. The molecule has 4 rings (SSSR count). The van der Waals surface area contributed by atoms with Crippen molar-refractivity contribution >= 4 is 28.8 Å². The maximum atomic E-state index is 12.9. The van der Waals surface area contributed by atoms with E-state index in [1.54, 1.807) is 41.1 Å². The van der Waals surface area contributed by atoms with Gasteiger partial charge in [-0.25, -0.2) is 9.97 Å². The number of nitrogens with one attached hydrogen (secondary N) is 2. The van der Waals surface area contributed by atoms with Crippen molar-refractivity contribution < 1.29 is 14.7 Å². The van der Waals surface area contributed by atoms with E-state index in [9.17, 15) is 9.59 Å². The molecule has 38 heavy (non-hydrogen) atoms. The Hall–Kier alpha value is -3.56. The molecule has 3 heterocycles. The summed E-state index contributed by atoms with van der Waals surface area (Å²) in [6, 6.07) is 13.4. The maximum Gasteiger partial charge on any atom is 0.269 e. The van der Waals surface area contributed by atoms with Gasteiger partial charge in [-0.3, -0.25) is 14.0 Å². The van der Waals surface area contributed by atoms with Crippen molar-refractivity contribution in [2.75, 3.05) is 13.7 Å². The number of pyridine rings is 1. The van der Waals surface area contributed by atoms with Gasteiger partial charge in [0.1, 0.15) is 10.7 Å². The van der Waals surface area contributed by atoms with E-state index in [-0.39, 0.29) is 11.8 Å². The molecular formula is C29H39N5O3S. The summed E-state index contributed by atoms with van der Waals surface area (Å²) < 4.78 is 1.67. The van der Waals surface area contributed by atoms with Crippen LogP contribution in [0, 0.1) is 5.92 Å². The van der Waals surface area contributed by atoms with Crippen LogP contribution in [0.3, 0.4) is 0 Å². The molecule has 4 aromatic rings. The Balaban J connectivity index is 0.000000559. The fourth-order valence-corrected chi connectivity index (χ4v) is 4.09. The molecule has 3 N–H and O–H groups in total. The average molecular weight is 538 g/mol. The smallest absolute Gasteiger partial charge is 0.269 e. The normalized spacial score (nSPS) is 10.3. The molecule has 0 saturated carbocycles. The highest BCUT2D eigenvalue weighted by Gasteiger charge is 2.21. The van der Waals surface area contributed by atoms with E-state index in [0.29, 0.717) is 42.2 Å². The zero-order chi connectivity index (χ0) is 28.1. The molecule has 0 aliphatic heterocycles. The first-order valence-corrected chi connectivity index (χ1v) is 13.8. The van der Waals surface area contributed by atoms with E-state index >= 15 is 0 Å². The average Bonchev–Trinajstić information content (AvgIpc) is 3.56. The molecular weight excluding hydrogens is 498 g/mol. The Morgan fingerprint density at radius 1 is 1.03 bits per heavy atom. The van der Waals surface area contributed by atoms with Crippen LogP contribution in [0.15, 0.2) is 54.0 Å². The van der Waals surface area contributed by atoms with Crippen molar-refractivity contribution in [2.24, 2.45) is 5.92 Å². The summed E-state index contributed by atoms with van der Waals surface area (Å²) >= 11 is 1.54. The number of rotatable bonds is 7. The second kappa shape index (κ2) is 15.6. The lowest BCUT2D eigenvalue weighted by molar-refractivity contribution is 0.0943. The van der Waals surface area contributed by atoms with E-state index in [1.165, 1.54) is 0 Å². The van der Waals surface area contributed by atoms with Crippen molar-refractivity contribution in [3.05, 3.63) is 76.7 Å². The predicted molar refractivity (Wildman–Crippen MR) is 155 cm³/mol. The Morgan fingerprint density at radius 3 is 2.26 bits per heavy atom. The Bertz CT molecular complexity index is 1290. The van der Waals surface area contributed by atoms with Gasteiger partial charge in [-0.15, -0.1) is 11.3 Å². The maximum absolute atomic E-state index is 12.9. The van der Waals surface area contributed by atoms with Gasteiger partial charge in [0, 0.05) is 30.8 Å². The third-order valence-corrected chi connectivity index (χ3v) is 5.91. The minimum atomic E-state index is -0.258. The van der Waals surface area contributed by atoms with Crippen LogP contribution in [0.1, 0.15) is 73.3 Å². The first-order chi connectivity index (χ1) is 18.3. The van der Waals surface area contributed by atoms with Crippen molar-refractivity contribution in [1.82, 2.24) is 25.0 Å². The van der Waals surface area contributed by atoms with Gasteiger partial charge in [-0.1, -0.05) is 65.0 Å². The van der Waals surface area contributed by atoms with Crippen LogP contribution >= 0.6 is 11.3 Å². The van der Waals surface area contributed by atoms with Crippen molar-refractivity contribution in [1.29, 1.82) is 0 Å². The fraction of sp³-hybridized carbons (Fsp3) is 0.379. The lowest BCUT2D eigenvalue weighted by Gasteiger charge is -2.06. The van der Waals surface area contributed by atoms with Crippen LogP contribution in [0.25, 0.3) is 16.2 Å². The number of imidazole rings is 1. The molecule has 204 valence electrons. The van der Waals surface area contributed by atoms with Gasteiger partial charge < -0.3 is 15.7 Å². The van der Waals surface area contributed by atoms with Crippen molar-refractivity contribution in [3.8, 4) is 10.6 Å². The third kappa shape index (κ3) is 8.49. The second-order valence-corrected chi connectivity index (χ2v) is 9.96. The topological polar surface area (TPSA) is 109 Å². The van der Waals surface area contributed by atoms with Gasteiger partial charge in [0.2, 0.25) is 0 Å². The SMILES string of the molecule is CC(C)C.CCCO.CCc1nc2c(C(=O)NCc3csc(-c4ccccc4)n3)cccn2c1C(=O)NC. The van der Waals surface area contributed by atoms with E-state index in [2.05, 4.69) is 41.4 Å². The molecule has 0 aliphatic carbocycles. The van der Waals surface area contributed by atoms with Gasteiger partial charge in [0.05, 0.1) is 23.5 Å². The van der Waals surface area contributed by atoms with Crippen LogP contribution in [0.4, 0.5) is 0 Å². The number of benzene rings is 1. The number of hydrogen-bond donors (Lipinski definition) is 3. The van der Waals surface area contributed by atoms with Gasteiger partial charge in [-0.05, 0) is 30.9 Å². The molecule has 0 aliphatic rings. The van der Waals surface area contributed by atoms with Crippen LogP contribution in [0.2, 0.25) is 0 Å². The second-order valence-electron chi connectivity index (χ2n) is 9.10. The highest BCUT2D eigenvalue weighted by molar-refractivity contribution is 7.13. The molecule has 3 aromatic heterocycles. The number of carbonyl (C=O) groups excluding carboxylic acids is 2. The fourth-order valence-electron chi connectivity index (χ4n) is 3.26. The Morgan fingerprint density at radius 2 is 1.68 bits per heavy atom. The summed E-state index contributed by atoms with van der Waals surface area (Å²) in [5.74, 6) is 0.346. The van der Waals surface area contributed by atoms with E-state index in [0.717, 1.165) is 28.6 Å². The van der Waals surface area contributed by atoms with Gasteiger partial charge in [-0.2, -0.15) is 0 Å². The predicted octanol–water partition coefficient (Wildman–Crippen LogP) is 5.36. The van der Waals surface area contributed by atoms with Crippen molar-refractivity contribution in [2.45, 2.75) is 54.0 Å². The summed E-state index contributed by atoms with van der Waals surface area (Å²) in [6.45, 7) is 11.0. The minimum Gasteiger partial charge on any atom is -0.396 e. The molecule has 0 fully saturated rings. The quantitative estimate of drug-likeness (QED) is 0.294. The van der Waals surface area contributed by atoms with Crippen molar-refractivity contribution in [3.63, 3.8) is 0 Å². The number of aryl methyl sites for hydroxylation is 1. The van der Waals surface area contributed by atoms with Gasteiger partial charge >= 0.3 is 0 Å². The number of nitrogens with zero attached hydrogens (tertiary/aromatic N) is 3. The summed E-state index contributed by atoms with van der Waals surface area (Å²) in [5.41, 5.74) is 3.84. The molecule has 2 amide bonds. The minimum absolute atomic E-state index is 0.229. The molecule has 1 aromatic carbocycles. The number of aliphatic hydroxyl groups excluding tert-OH is 1. The molecule has 0 saturated heterocycles. The highest BCUT2D eigenvalue weighted by Crippen LogP contribution is 2.23. The summed E-state index contributed by atoms with van der Waals surface area (Å²) in [4.78, 5) is 34.3. The first kappa shape index (κ1) is 30.7. The standard InChI is InChI=1S/C22H21N5O2S.C4H10.C3H8O/c1-3-17-18(21(29)23-2)27-11-7-10-16(19(27)26-17)20(28)24-12-15-13-30-22(25-15)14-8-5-4-6-9-14;1-4(2)3;1-2-3-4/h4-11,13H,3,12H2,1-2H3,(H,23,29)(H,24,28);4H,1-3H3;4H,2-3H2,1H3. The molecule has 0 radical (unpaired) electrons. The van der Waals surface area contributed by atoms with Gasteiger partial charge in [0.25, 0.3) is 11.8 Å². The largest absolute Gasteiger partial charge is 0.396 e. The molecule has 0 spiro atoms. The monoisotopic (exact) mass is 537 g/mol. The number of aliphatic hydroxyl groups is 1. The molecule has 0 atom stereocenters. The number of aromatic nitrogens is 3. The van der Waals surface area contributed by atoms with Gasteiger partial charge in [0.15, 0.2) is 5.65 Å². The Kier molecular flexibility index (Phi) is 12.6. The number of thiazole rings is 1. The summed E-state index contributed by atoms with van der Waals surface area (Å²) in [6.07, 6.45) is 3.21. The number of carbonyl (C=O) groups is 2. The molecule has 8 nitrogen and oxygen atoms in total. The number of hydrogen-bond acceptors (Lipinski definition) is 6.